The molecule has 0 fully saturated rings. The molecule has 6 nitrogen and oxygen atoms in total. The fourth-order valence-corrected chi connectivity index (χ4v) is 2.57. The molecule has 0 spiro atoms. The van der Waals surface area contributed by atoms with Gasteiger partial charge in [-0.05, 0) is 36.4 Å². The highest BCUT2D eigenvalue weighted by atomic mass is 16.5. The molecule has 0 bridgehead atoms. The standard InChI is InChI=1S/C18H15N5O/c1-24-14-5-2-12(3-6-14)16-9-22-18-10-20-15(11-23(16)18)13-4-7-17(19)21-8-13/h2-11H,1H3,(H2,19,21). The number of nitrogens with zero attached hydrogens (tertiary/aromatic N) is 4. The molecule has 0 aliphatic heterocycles. The van der Waals surface area contributed by atoms with E-state index >= 15 is 0 Å². The van der Waals surface area contributed by atoms with Crippen molar-refractivity contribution in [2.75, 3.05) is 12.8 Å². The maximum absolute atomic E-state index is 5.65. The van der Waals surface area contributed by atoms with E-state index in [2.05, 4.69) is 15.0 Å². The monoisotopic (exact) mass is 317 g/mol. The predicted octanol–water partition coefficient (Wildman–Crippen LogP) is 3.05. The summed E-state index contributed by atoms with van der Waals surface area (Å²) in [5, 5.41) is 0. The van der Waals surface area contributed by atoms with Gasteiger partial charge in [0.1, 0.15) is 11.6 Å². The van der Waals surface area contributed by atoms with Gasteiger partial charge in [0.05, 0.1) is 30.9 Å². The molecule has 0 aliphatic carbocycles. The highest BCUT2D eigenvalue weighted by Gasteiger charge is 2.09. The van der Waals surface area contributed by atoms with Gasteiger partial charge in [0.15, 0.2) is 5.65 Å². The number of hydrogen-bond acceptors (Lipinski definition) is 5. The Hall–Kier alpha value is -3.41. The largest absolute Gasteiger partial charge is 0.497 e. The Morgan fingerprint density at radius 3 is 2.38 bits per heavy atom. The van der Waals surface area contributed by atoms with Crippen LogP contribution in [0, 0.1) is 0 Å². The summed E-state index contributed by atoms with van der Waals surface area (Å²) in [5.41, 5.74) is 10.2. The number of methoxy groups -OCH3 is 1. The molecule has 0 unspecified atom stereocenters. The van der Waals surface area contributed by atoms with Gasteiger partial charge in [-0.25, -0.2) is 9.97 Å². The summed E-state index contributed by atoms with van der Waals surface area (Å²) in [6, 6.07) is 11.5. The number of anilines is 1. The van der Waals surface area contributed by atoms with E-state index in [1.165, 1.54) is 0 Å². The van der Waals surface area contributed by atoms with Gasteiger partial charge < -0.3 is 10.5 Å². The summed E-state index contributed by atoms with van der Waals surface area (Å²) in [4.78, 5) is 13.0. The van der Waals surface area contributed by atoms with Crippen LogP contribution in [-0.2, 0) is 0 Å². The van der Waals surface area contributed by atoms with Crippen LogP contribution in [0.25, 0.3) is 28.2 Å². The second kappa shape index (κ2) is 5.66. The molecule has 0 atom stereocenters. The second-order valence-corrected chi connectivity index (χ2v) is 5.34. The van der Waals surface area contributed by atoms with E-state index < -0.39 is 0 Å². The van der Waals surface area contributed by atoms with Crippen LogP contribution in [0.1, 0.15) is 0 Å². The zero-order valence-electron chi connectivity index (χ0n) is 13.0. The van der Waals surface area contributed by atoms with Crippen molar-refractivity contribution < 1.29 is 4.74 Å². The SMILES string of the molecule is COc1ccc(-c2cnc3cnc(-c4ccc(N)nc4)cn23)cc1. The molecule has 0 saturated heterocycles. The fraction of sp³-hybridized carbons (Fsp3) is 0.0556. The molecule has 4 rings (SSSR count). The molecule has 0 radical (unpaired) electrons. The van der Waals surface area contributed by atoms with Gasteiger partial charge in [-0.3, -0.25) is 9.38 Å². The molecule has 0 aliphatic rings. The van der Waals surface area contributed by atoms with Crippen LogP contribution in [0.3, 0.4) is 0 Å². The zero-order chi connectivity index (χ0) is 16.5. The van der Waals surface area contributed by atoms with Crippen molar-refractivity contribution in [3.63, 3.8) is 0 Å². The smallest absolute Gasteiger partial charge is 0.155 e. The third-order valence-electron chi connectivity index (χ3n) is 3.86. The first kappa shape index (κ1) is 14.2. The van der Waals surface area contributed by atoms with E-state index in [4.69, 9.17) is 10.5 Å². The molecule has 6 heteroatoms. The molecule has 24 heavy (non-hydrogen) atoms. The van der Waals surface area contributed by atoms with Crippen molar-refractivity contribution >= 4 is 11.5 Å². The Morgan fingerprint density at radius 1 is 0.875 bits per heavy atom. The summed E-state index contributed by atoms with van der Waals surface area (Å²) in [6.07, 6.45) is 7.26. The molecule has 1 aromatic carbocycles. The van der Waals surface area contributed by atoms with Crippen LogP contribution in [0.4, 0.5) is 5.82 Å². The van der Waals surface area contributed by atoms with Crippen molar-refractivity contribution in [3.8, 4) is 28.3 Å². The predicted molar refractivity (Wildman–Crippen MR) is 92.6 cm³/mol. The van der Waals surface area contributed by atoms with Crippen molar-refractivity contribution in [1.82, 2.24) is 19.4 Å². The van der Waals surface area contributed by atoms with Gasteiger partial charge >= 0.3 is 0 Å². The normalized spacial score (nSPS) is 10.9. The van der Waals surface area contributed by atoms with E-state index in [1.54, 1.807) is 25.6 Å². The lowest BCUT2D eigenvalue weighted by molar-refractivity contribution is 0.415. The Morgan fingerprint density at radius 2 is 1.67 bits per heavy atom. The lowest BCUT2D eigenvalue weighted by Crippen LogP contribution is -1.94. The number of fused-ring (bicyclic) bond motifs is 1. The minimum absolute atomic E-state index is 0.487. The number of benzene rings is 1. The van der Waals surface area contributed by atoms with E-state index in [0.29, 0.717) is 5.82 Å². The number of pyridine rings is 1. The van der Waals surface area contributed by atoms with Crippen LogP contribution in [0.2, 0.25) is 0 Å². The van der Waals surface area contributed by atoms with Crippen molar-refractivity contribution in [1.29, 1.82) is 0 Å². The number of hydrogen-bond donors (Lipinski definition) is 1. The number of nitrogens with two attached hydrogens (primary N) is 1. The molecule has 3 aromatic heterocycles. The van der Waals surface area contributed by atoms with E-state index in [0.717, 1.165) is 33.9 Å². The Bertz CT molecular complexity index is 990. The van der Waals surface area contributed by atoms with Gasteiger partial charge in [0, 0.05) is 23.5 Å². The van der Waals surface area contributed by atoms with E-state index in [9.17, 15) is 0 Å². The lowest BCUT2D eigenvalue weighted by Gasteiger charge is -2.06. The second-order valence-electron chi connectivity index (χ2n) is 5.34. The van der Waals surface area contributed by atoms with Crippen molar-refractivity contribution in [2.24, 2.45) is 0 Å². The molecule has 0 saturated carbocycles. The fourth-order valence-electron chi connectivity index (χ4n) is 2.57. The number of aromatic nitrogens is 4. The minimum Gasteiger partial charge on any atom is -0.497 e. The average molecular weight is 317 g/mol. The Balaban J connectivity index is 1.82. The summed E-state index contributed by atoms with van der Waals surface area (Å²) in [6.45, 7) is 0. The summed E-state index contributed by atoms with van der Waals surface area (Å²) < 4.78 is 7.23. The quantitative estimate of drug-likeness (QED) is 0.628. The van der Waals surface area contributed by atoms with Crippen LogP contribution in [-0.4, -0.2) is 26.5 Å². The van der Waals surface area contributed by atoms with Crippen LogP contribution in [0.5, 0.6) is 5.75 Å². The molecule has 118 valence electrons. The first-order valence-corrected chi connectivity index (χ1v) is 7.44. The number of imidazole rings is 1. The van der Waals surface area contributed by atoms with Gasteiger partial charge in [-0.2, -0.15) is 0 Å². The van der Waals surface area contributed by atoms with Crippen LogP contribution >= 0.6 is 0 Å². The molecular weight excluding hydrogens is 302 g/mol. The molecule has 4 aromatic rings. The Kier molecular flexibility index (Phi) is 3.35. The maximum Gasteiger partial charge on any atom is 0.155 e. The van der Waals surface area contributed by atoms with Crippen LogP contribution < -0.4 is 10.5 Å². The zero-order valence-corrected chi connectivity index (χ0v) is 13.0. The highest BCUT2D eigenvalue weighted by Crippen LogP contribution is 2.25. The van der Waals surface area contributed by atoms with Crippen molar-refractivity contribution in [3.05, 3.63) is 61.2 Å². The van der Waals surface area contributed by atoms with Crippen molar-refractivity contribution in [2.45, 2.75) is 0 Å². The number of ether oxygens (including phenoxy) is 1. The lowest BCUT2D eigenvalue weighted by atomic mass is 10.1. The molecule has 0 amide bonds. The third-order valence-corrected chi connectivity index (χ3v) is 3.86. The number of rotatable bonds is 3. The summed E-state index contributed by atoms with van der Waals surface area (Å²) >= 11 is 0. The minimum atomic E-state index is 0.487. The summed E-state index contributed by atoms with van der Waals surface area (Å²) in [5.74, 6) is 1.31. The number of nitrogen functional groups attached to an aromatic ring is 1. The van der Waals surface area contributed by atoms with Gasteiger partial charge in [-0.1, -0.05) is 0 Å². The molecular formula is C18H15N5O. The van der Waals surface area contributed by atoms with Crippen LogP contribution in [0.15, 0.2) is 61.2 Å². The third kappa shape index (κ3) is 2.44. The van der Waals surface area contributed by atoms with E-state index in [-0.39, 0.29) is 0 Å². The Labute approximate surface area is 138 Å². The first-order valence-electron chi connectivity index (χ1n) is 7.44. The topological polar surface area (TPSA) is 78.3 Å². The van der Waals surface area contributed by atoms with Gasteiger partial charge in [-0.15, -0.1) is 0 Å². The summed E-state index contributed by atoms with van der Waals surface area (Å²) in [7, 11) is 1.65. The van der Waals surface area contributed by atoms with Gasteiger partial charge in [0.25, 0.3) is 0 Å². The molecule has 2 N–H and O–H groups in total. The van der Waals surface area contributed by atoms with Gasteiger partial charge in [0.2, 0.25) is 0 Å². The first-order chi connectivity index (χ1) is 11.7. The van der Waals surface area contributed by atoms with E-state index in [1.807, 2.05) is 47.1 Å². The maximum atomic E-state index is 5.65. The highest BCUT2D eigenvalue weighted by molar-refractivity contribution is 5.66. The average Bonchev–Trinajstić information content (AvgIpc) is 3.05. The molecule has 3 heterocycles.